The van der Waals surface area contributed by atoms with Crippen LogP contribution in [0.4, 0.5) is 0 Å². The predicted molar refractivity (Wildman–Crippen MR) is 79.1 cm³/mol. The third-order valence-corrected chi connectivity index (χ3v) is 4.83. The van der Waals surface area contributed by atoms with Crippen LogP contribution in [0.15, 0.2) is 12.1 Å². The van der Waals surface area contributed by atoms with Crippen molar-refractivity contribution in [2.24, 2.45) is 11.3 Å². The van der Waals surface area contributed by atoms with E-state index in [4.69, 9.17) is 10.6 Å². The van der Waals surface area contributed by atoms with Crippen LogP contribution in [0, 0.1) is 19.3 Å². The van der Waals surface area contributed by atoms with E-state index in [0.29, 0.717) is 0 Å². The van der Waals surface area contributed by atoms with Gasteiger partial charge in [0.05, 0.1) is 13.2 Å². The van der Waals surface area contributed by atoms with Gasteiger partial charge >= 0.3 is 0 Å². The van der Waals surface area contributed by atoms with Gasteiger partial charge in [0.1, 0.15) is 5.75 Å². The quantitative estimate of drug-likeness (QED) is 0.646. The smallest absolute Gasteiger partial charge is 0.126 e. The van der Waals surface area contributed by atoms with Crippen LogP contribution < -0.4 is 16.0 Å². The van der Waals surface area contributed by atoms with Gasteiger partial charge in [0, 0.05) is 5.56 Å². The van der Waals surface area contributed by atoms with Crippen LogP contribution in [0.25, 0.3) is 0 Å². The van der Waals surface area contributed by atoms with E-state index in [2.05, 4.69) is 38.3 Å². The van der Waals surface area contributed by atoms with E-state index in [1.807, 2.05) is 0 Å². The minimum absolute atomic E-state index is 0.157. The zero-order chi connectivity index (χ0) is 14.0. The Morgan fingerprint density at radius 2 is 1.89 bits per heavy atom. The molecule has 1 saturated carbocycles. The molecule has 0 radical (unpaired) electrons. The molecular formula is C16H26N2O. The van der Waals surface area contributed by atoms with Gasteiger partial charge in [-0.15, -0.1) is 0 Å². The van der Waals surface area contributed by atoms with Gasteiger partial charge < -0.3 is 4.74 Å². The molecule has 0 heterocycles. The molecule has 1 atom stereocenters. The van der Waals surface area contributed by atoms with Crippen LogP contribution in [0.2, 0.25) is 0 Å². The maximum Gasteiger partial charge on any atom is 0.126 e. The topological polar surface area (TPSA) is 47.3 Å². The molecule has 0 bridgehead atoms. The Bertz CT molecular complexity index is 450. The first kappa shape index (κ1) is 14.4. The van der Waals surface area contributed by atoms with Crippen LogP contribution in [0.3, 0.4) is 0 Å². The molecule has 0 aliphatic heterocycles. The summed E-state index contributed by atoms with van der Waals surface area (Å²) >= 11 is 0. The minimum Gasteiger partial charge on any atom is -0.496 e. The van der Waals surface area contributed by atoms with Crippen LogP contribution >= 0.6 is 0 Å². The molecule has 1 aromatic carbocycles. The molecule has 1 fully saturated rings. The van der Waals surface area contributed by atoms with Crippen molar-refractivity contribution >= 4 is 0 Å². The summed E-state index contributed by atoms with van der Waals surface area (Å²) in [7, 11) is 1.75. The molecular weight excluding hydrogens is 236 g/mol. The van der Waals surface area contributed by atoms with E-state index in [1.54, 1.807) is 7.11 Å². The number of nitrogens with two attached hydrogens (primary N) is 1. The van der Waals surface area contributed by atoms with E-state index in [9.17, 15) is 0 Å². The number of benzene rings is 1. The molecule has 3 N–H and O–H groups in total. The van der Waals surface area contributed by atoms with Crippen molar-refractivity contribution in [3.8, 4) is 5.75 Å². The summed E-state index contributed by atoms with van der Waals surface area (Å²) in [6, 6.07) is 4.48. The van der Waals surface area contributed by atoms with E-state index >= 15 is 0 Å². The number of hydrazine groups is 1. The molecule has 0 spiro atoms. The highest BCUT2D eigenvalue weighted by Crippen LogP contribution is 2.49. The van der Waals surface area contributed by atoms with Crippen molar-refractivity contribution in [3.05, 3.63) is 28.8 Å². The first-order chi connectivity index (χ1) is 9.03. The highest BCUT2D eigenvalue weighted by Gasteiger charge is 2.38. The first-order valence-electron chi connectivity index (χ1n) is 7.13. The SMILES string of the molecule is COc1c(C(NN)C2(C)CCCC2)ccc(C)c1C. The summed E-state index contributed by atoms with van der Waals surface area (Å²) in [6.45, 7) is 6.56. The summed E-state index contributed by atoms with van der Waals surface area (Å²) in [5.74, 6) is 6.86. The molecule has 2 rings (SSSR count). The lowest BCUT2D eigenvalue weighted by molar-refractivity contribution is 0.219. The molecule has 3 nitrogen and oxygen atoms in total. The summed E-state index contributed by atoms with van der Waals surface area (Å²) in [5, 5.41) is 0. The molecule has 0 aromatic heterocycles. The molecule has 1 aliphatic rings. The van der Waals surface area contributed by atoms with Crippen molar-refractivity contribution in [2.75, 3.05) is 7.11 Å². The Hall–Kier alpha value is -1.06. The minimum atomic E-state index is 0.157. The normalized spacial score (nSPS) is 19.4. The van der Waals surface area contributed by atoms with Gasteiger partial charge in [-0.3, -0.25) is 11.3 Å². The van der Waals surface area contributed by atoms with E-state index < -0.39 is 0 Å². The summed E-state index contributed by atoms with van der Waals surface area (Å²) in [4.78, 5) is 0. The van der Waals surface area contributed by atoms with E-state index in [1.165, 1.54) is 42.4 Å². The van der Waals surface area contributed by atoms with Crippen LogP contribution in [0.1, 0.15) is 55.3 Å². The van der Waals surface area contributed by atoms with Gasteiger partial charge in [-0.25, -0.2) is 0 Å². The fraction of sp³-hybridized carbons (Fsp3) is 0.625. The fourth-order valence-corrected chi connectivity index (χ4v) is 3.45. The van der Waals surface area contributed by atoms with Gasteiger partial charge in [0.25, 0.3) is 0 Å². The van der Waals surface area contributed by atoms with Crippen molar-refractivity contribution in [3.63, 3.8) is 0 Å². The third-order valence-electron chi connectivity index (χ3n) is 4.83. The number of aryl methyl sites for hydroxylation is 1. The van der Waals surface area contributed by atoms with Crippen LogP contribution in [-0.2, 0) is 0 Å². The zero-order valence-electron chi connectivity index (χ0n) is 12.5. The molecule has 19 heavy (non-hydrogen) atoms. The van der Waals surface area contributed by atoms with Gasteiger partial charge in [0.2, 0.25) is 0 Å². The Labute approximate surface area is 116 Å². The number of hydrogen-bond acceptors (Lipinski definition) is 3. The molecule has 106 valence electrons. The highest BCUT2D eigenvalue weighted by atomic mass is 16.5. The second kappa shape index (κ2) is 5.51. The van der Waals surface area contributed by atoms with Crippen molar-refractivity contribution in [2.45, 2.75) is 52.5 Å². The Morgan fingerprint density at radius 3 is 2.42 bits per heavy atom. The van der Waals surface area contributed by atoms with Crippen LogP contribution in [0.5, 0.6) is 5.75 Å². The van der Waals surface area contributed by atoms with Gasteiger partial charge in [0.15, 0.2) is 0 Å². The average Bonchev–Trinajstić information content (AvgIpc) is 2.82. The number of ether oxygens (including phenoxy) is 1. The number of hydrogen-bond donors (Lipinski definition) is 2. The van der Waals surface area contributed by atoms with Gasteiger partial charge in [-0.05, 0) is 43.2 Å². The Balaban J connectivity index is 2.46. The standard InChI is InChI=1S/C16H26N2O/c1-11-7-8-13(14(19-4)12(11)2)15(18-17)16(3)9-5-6-10-16/h7-8,15,18H,5-6,9-10,17H2,1-4H3. The summed E-state index contributed by atoms with van der Waals surface area (Å²) in [5.41, 5.74) is 6.93. The van der Waals surface area contributed by atoms with E-state index in [0.717, 1.165) is 5.75 Å². The monoisotopic (exact) mass is 262 g/mol. The van der Waals surface area contributed by atoms with Crippen molar-refractivity contribution in [1.29, 1.82) is 0 Å². The lowest BCUT2D eigenvalue weighted by Crippen LogP contribution is -2.39. The fourth-order valence-electron chi connectivity index (χ4n) is 3.45. The first-order valence-corrected chi connectivity index (χ1v) is 7.13. The lowest BCUT2D eigenvalue weighted by Gasteiger charge is -2.35. The summed E-state index contributed by atoms with van der Waals surface area (Å²) < 4.78 is 5.65. The molecule has 3 heteroatoms. The Kier molecular flexibility index (Phi) is 4.16. The van der Waals surface area contributed by atoms with Crippen LogP contribution in [-0.4, -0.2) is 7.11 Å². The van der Waals surface area contributed by atoms with Gasteiger partial charge in [-0.1, -0.05) is 31.9 Å². The maximum absolute atomic E-state index is 5.88. The number of rotatable bonds is 4. The number of methoxy groups -OCH3 is 1. The Morgan fingerprint density at radius 1 is 1.26 bits per heavy atom. The molecule has 0 amide bonds. The second-order valence-corrected chi connectivity index (χ2v) is 6.09. The number of nitrogens with one attached hydrogen (secondary N) is 1. The van der Waals surface area contributed by atoms with Crippen molar-refractivity contribution < 1.29 is 4.74 Å². The van der Waals surface area contributed by atoms with Crippen molar-refractivity contribution in [1.82, 2.24) is 5.43 Å². The maximum atomic E-state index is 5.88. The predicted octanol–water partition coefficient (Wildman–Crippen LogP) is 3.40. The zero-order valence-corrected chi connectivity index (χ0v) is 12.5. The largest absolute Gasteiger partial charge is 0.496 e. The highest BCUT2D eigenvalue weighted by molar-refractivity contribution is 5.47. The molecule has 0 saturated heterocycles. The second-order valence-electron chi connectivity index (χ2n) is 6.09. The average molecular weight is 262 g/mol. The van der Waals surface area contributed by atoms with Gasteiger partial charge in [-0.2, -0.15) is 0 Å². The summed E-state index contributed by atoms with van der Waals surface area (Å²) in [6.07, 6.45) is 5.03. The lowest BCUT2D eigenvalue weighted by atomic mass is 9.76. The molecule has 1 aliphatic carbocycles. The third kappa shape index (κ3) is 2.49. The van der Waals surface area contributed by atoms with E-state index in [-0.39, 0.29) is 11.5 Å². The molecule has 1 aromatic rings. The molecule has 1 unspecified atom stereocenters.